The molecular formula is C30H43F9O4Si. The van der Waals surface area contributed by atoms with Crippen LogP contribution >= 0.6 is 0 Å². The topological polar surface area (TPSA) is 47.9 Å². The molecule has 4 nitrogen and oxygen atoms in total. The molecule has 0 fully saturated rings. The zero-order valence-corrected chi connectivity index (χ0v) is 27.1. The number of hydrogen-bond donors (Lipinski definition) is 1. The van der Waals surface area contributed by atoms with Gasteiger partial charge in [-0.2, -0.15) is 39.5 Å². The van der Waals surface area contributed by atoms with Gasteiger partial charge in [-0.15, -0.1) is 0 Å². The largest absolute Gasteiger partial charge is 0.494 e. The van der Waals surface area contributed by atoms with Crippen LogP contribution in [-0.2, 0) is 15.8 Å². The molecule has 1 aromatic carbocycles. The van der Waals surface area contributed by atoms with Crippen LogP contribution in [0.25, 0.3) is 0 Å². The molecule has 0 bridgehead atoms. The van der Waals surface area contributed by atoms with Gasteiger partial charge in [0.25, 0.3) is 0 Å². The lowest BCUT2D eigenvalue weighted by Crippen LogP contribution is -2.60. The highest BCUT2D eigenvalue weighted by Crippen LogP contribution is 2.54. The minimum Gasteiger partial charge on any atom is -0.494 e. The van der Waals surface area contributed by atoms with Crippen molar-refractivity contribution >= 4 is 8.32 Å². The molecule has 0 amide bonds. The zero-order valence-electron chi connectivity index (χ0n) is 26.1. The number of ether oxygens (including phenoxy) is 2. The first-order valence-electron chi connectivity index (χ1n) is 14.2. The first-order valence-corrected chi connectivity index (χ1v) is 17.1. The molecule has 14 heteroatoms. The van der Waals surface area contributed by atoms with Crippen LogP contribution in [-0.4, -0.2) is 63.3 Å². The van der Waals surface area contributed by atoms with Gasteiger partial charge in [0.15, 0.2) is 8.32 Å². The first-order chi connectivity index (χ1) is 19.9. The molecule has 3 atom stereocenters. The third-order valence-electron chi connectivity index (χ3n) is 7.54. The number of aliphatic hydroxyl groups excluding tert-OH is 1. The van der Waals surface area contributed by atoms with Crippen molar-refractivity contribution in [1.82, 2.24) is 0 Å². The number of halogens is 9. The summed E-state index contributed by atoms with van der Waals surface area (Å²) in [7, 11) is -1.88. The third-order valence-corrected chi connectivity index (χ3v) is 12.0. The number of hydrogen-bond acceptors (Lipinski definition) is 4. The van der Waals surface area contributed by atoms with Gasteiger partial charge >= 0.3 is 23.9 Å². The summed E-state index contributed by atoms with van der Waals surface area (Å²) in [6.45, 7) is 15.0. The van der Waals surface area contributed by atoms with Gasteiger partial charge in [-0.3, -0.25) is 0 Å². The third kappa shape index (κ3) is 11.1. The van der Waals surface area contributed by atoms with E-state index < -0.39 is 57.8 Å². The van der Waals surface area contributed by atoms with Crippen LogP contribution in [0.3, 0.4) is 0 Å². The molecule has 1 aromatic rings. The maximum atomic E-state index is 13.6. The van der Waals surface area contributed by atoms with Crippen molar-refractivity contribution in [3.8, 4) is 17.6 Å². The molecule has 0 saturated carbocycles. The predicted molar refractivity (Wildman–Crippen MR) is 152 cm³/mol. The monoisotopic (exact) mass is 666 g/mol. The lowest BCUT2D eigenvalue weighted by atomic mass is 10.00. The number of aliphatic hydroxyl groups is 1. The van der Waals surface area contributed by atoms with E-state index in [0.717, 1.165) is 0 Å². The summed E-state index contributed by atoms with van der Waals surface area (Å²) in [4.78, 5) is 0. The molecule has 0 aliphatic rings. The Morgan fingerprint density at radius 2 is 1.41 bits per heavy atom. The van der Waals surface area contributed by atoms with Crippen LogP contribution in [0, 0.1) is 23.7 Å². The molecule has 1 N–H and O–H groups in total. The van der Waals surface area contributed by atoms with Crippen molar-refractivity contribution < 1.29 is 58.5 Å². The average molecular weight is 667 g/mol. The van der Waals surface area contributed by atoms with Crippen molar-refractivity contribution in [1.29, 1.82) is 0 Å². The molecule has 1 unspecified atom stereocenters. The maximum absolute atomic E-state index is 13.6. The van der Waals surface area contributed by atoms with E-state index >= 15 is 0 Å². The van der Waals surface area contributed by atoms with Gasteiger partial charge in [0.1, 0.15) is 11.9 Å². The smallest absolute Gasteiger partial charge is 0.460 e. The van der Waals surface area contributed by atoms with Gasteiger partial charge in [0.05, 0.1) is 13.2 Å². The summed E-state index contributed by atoms with van der Waals surface area (Å²) in [6.07, 6.45) is -9.99. The van der Waals surface area contributed by atoms with E-state index in [4.69, 9.17) is 13.9 Å². The summed E-state index contributed by atoms with van der Waals surface area (Å²) in [5.74, 6) is -13.2. The van der Waals surface area contributed by atoms with Crippen LogP contribution in [0.15, 0.2) is 24.3 Å². The second-order valence-corrected chi connectivity index (χ2v) is 17.3. The molecule has 254 valence electrons. The van der Waals surface area contributed by atoms with E-state index in [9.17, 15) is 44.6 Å². The van der Waals surface area contributed by atoms with Gasteiger partial charge in [0.2, 0.25) is 0 Å². The van der Waals surface area contributed by atoms with Gasteiger partial charge in [-0.1, -0.05) is 51.7 Å². The second-order valence-electron chi connectivity index (χ2n) is 12.5. The van der Waals surface area contributed by atoms with E-state index in [2.05, 4.69) is 45.7 Å². The Kier molecular flexibility index (Phi) is 14.2. The fraction of sp³-hybridized carbons (Fsp3) is 0.733. The molecule has 0 saturated heterocycles. The Balaban J connectivity index is 2.43. The average Bonchev–Trinajstić information content (AvgIpc) is 2.90. The maximum Gasteiger partial charge on any atom is 0.460 e. The fourth-order valence-electron chi connectivity index (χ4n) is 3.31. The van der Waals surface area contributed by atoms with Crippen LogP contribution in [0.4, 0.5) is 39.5 Å². The molecule has 0 spiro atoms. The summed E-state index contributed by atoms with van der Waals surface area (Å²) in [5, 5.41) is 10.5. The highest BCUT2D eigenvalue weighted by Gasteiger charge is 2.81. The second kappa shape index (κ2) is 15.6. The number of alkyl halides is 9. The Morgan fingerprint density at radius 3 is 1.93 bits per heavy atom. The molecule has 0 aromatic heterocycles. The SMILES string of the molecule is C[C@H](CCOCc1ccc(OCCCC(F)(F)C(F)(F)C(F)(F)C(F)(F)F)cc1)C(O)C#C[C@H](C)CO[Si](C)(C)C(C)(C)C. The molecule has 1 rings (SSSR count). The van der Waals surface area contributed by atoms with Crippen molar-refractivity contribution in [2.75, 3.05) is 19.8 Å². The first kappa shape index (κ1) is 40.1. The standard InChI is InChI=1S/C30H43F9O4Si/c1-21(19-43-44(6,7)26(3,4)5)9-14-25(40)22(2)15-18-41-20-23-10-12-24(13-11-23)42-17-8-16-27(31,32)28(33,34)29(35,36)30(37,38)39/h10-13,21-22,25,40H,8,15-20H2,1-7H3/t21-,22+,25?/m0/s1. The van der Waals surface area contributed by atoms with Crippen LogP contribution in [0.1, 0.15) is 59.4 Å². The summed E-state index contributed by atoms with van der Waals surface area (Å²) in [6, 6.07) is 6.03. The van der Waals surface area contributed by atoms with E-state index in [1.165, 1.54) is 12.1 Å². The molecular weight excluding hydrogens is 623 g/mol. The number of benzene rings is 1. The lowest BCUT2D eigenvalue weighted by molar-refractivity contribution is -0.396. The minimum atomic E-state index is -6.90. The molecule has 0 radical (unpaired) electrons. The lowest BCUT2D eigenvalue weighted by Gasteiger charge is -2.36. The molecule has 0 aliphatic heterocycles. The van der Waals surface area contributed by atoms with Crippen LogP contribution in [0.5, 0.6) is 5.75 Å². The highest BCUT2D eigenvalue weighted by atomic mass is 28.4. The van der Waals surface area contributed by atoms with Gasteiger partial charge < -0.3 is 19.0 Å². The number of rotatable bonds is 16. The van der Waals surface area contributed by atoms with Crippen molar-refractivity contribution in [3.05, 3.63) is 29.8 Å². The predicted octanol–water partition coefficient (Wildman–Crippen LogP) is 8.88. The van der Waals surface area contributed by atoms with Crippen molar-refractivity contribution in [2.24, 2.45) is 11.8 Å². The Morgan fingerprint density at radius 1 is 0.841 bits per heavy atom. The summed E-state index contributed by atoms with van der Waals surface area (Å²) < 4.78 is 133. The quantitative estimate of drug-likeness (QED) is 0.0829. The van der Waals surface area contributed by atoms with E-state index in [1.54, 1.807) is 12.1 Å². The zero-order chi connectivity index (χ0) is 34.2. The van der Waals surface area contributed by atoms with Crippen LogP contribution in [0.2, 0.25) is 18.1 Å². The Hall–Kier alpha value is -1.95. The highest BCUT2D eigenvalue weighted by molar-refractivity contribution is 6.74. The normalized spacial score (nSPS) is 15.8. The minimum absolute atomic E-state index is 0.0313. The van der Waals surface area contributed by atoms with E-state index in [0.29, 0.717) is 25.2 Å². The molecule has 0 aliphatic carbocycles. The summed E-state index contributed by atoms with van der Waals surface area (Å²) >= 11 is 0. The van der Waals surface area contributed by atoms with Gasteiger partial charge in [0, 0.05) is 25.6 Å². The van der Waals surface area contributed by atoms with Crippen molar-refractivity contribution in [3.63, 3.8) is 0 Å². The molecule has 44 heavy (non-hydrogen) atoms. The van der Waals surface area contributed by atoms with Gasteiger partial charge in [-0.05, 0) is 61.5 Å². The van der Waals surface area contributed by atoms with Crippen molar-refractivity contribution in [2.45, 2.75) is 109 Å². The fourth-order valence-corrected chi connectivity index (χ4v) is 4.41. The van der Waals surface area contributed by atoms with E-state index in [-0.39, 0.29) is 29.2 Å². The van der Waals surface area contributed by atoms with Gasteiger partial charge in [-0.25, -0.2) is 0 Å². The van der Waals surface area contributed by atoms with E-state index in [1.807, 2.05) is 13.8 Å². The summed E-state index contributed by atoms with van der Waals surface area (Å²) in [5.41, 5.74) is 0.710. The van der Waals surface area contributed by atoms with Crippen LogP contribution < -0.4 is 4.74 Å². The Bertz CT molecular complexity index is 1080. The molecule has 0 heterocycles. The Labute approximate surface area is 254 Å².